The van der Waals surface area contributed by atoms with Crippen LogP contribution in [0.5, 0.6) is 0 Å². The molecule has 0 bridgehead atoms. The van der Waals surface area contributed by atoms with Crippen molar-refractivity contribution < 1.29 is 17.1 Å². The Morgan fingerprint density at radius 1 is 0.784 bits per heavy atom. The van der Waals surface area contributed by atoms with E-state index < -0.39 is 0 Å². The van der Waals surface area contributed by atoms with Gasteiger partial charge in [0.1, 0.15) is 0 Å². The Morgan fingerprint density at radius 3 is 1.84 bits per heavy atom. The Hall–Kier alpha value is -3.42. The van der Waals surface area contributed by atoms with Gasteiger partial charge in [-0.25, -0.2) is 33.9 Å². The zero-order chi connectivity index (χ0) is 25.9. The van der Waals surface area contributed by atoms with Crippen molar-refractivity contribution in [3.05, 3.63) is 125 Å². The standard InChI is InChI=1S/2C14H17N2O2.Fe/c2*1-11-10-16(14(18)15-13(11)17)9-5-4-8-12-6-2-3-7-12;/h2*2-3,6-7,10H,4-5,8-9H2,1H3,(H,15,17,18);/q2*-1;+2. The molecule has 0 spiro atoms. The van der Waals surface area contributed by atoms with Crippen LogP contribution in [0.15, 0.2) is 80.1 Å². The van der Waals surface area contributed by atoms with Crippen LogP contribution in [0.4, 0.5) is 0 Å². The zero-order valence-electron chi connectivity index (χ0n) is 21.3. The molecule has 4 aromatic rings. The summed E-state index contributed by atoms with van der Waals surface area (Å²) in [6, 6.07) is 16.6. The van der Waals surface area contributed by atoms with Gasteiger partial charge < -0.3 is 9.13 Å². The van der Waals surface area contributed by atoms with Gasteiger partial charge in [-0.1, -0.05) is 19.3 Å². The van der Waals surface area contributed by atoms with Gasteiger partial charge in [0.25, 0.3) is 11.1 Å². The maximum absolute atomic E-state index is 11.5. The fraction of sp³-hybridized carbons (Fsp3) is 0.357. The number of nitrogens with zero attached hydrogens (tertiary/aromatic N) is 2. The number of aryl methyl sites for hydroxylation is 6. The summed E-state index contributed by atoms with van der Waals surface area (Å²) in [7, 11) is 0. The van der Waals surface area contributed by atoms with Gasteiger partial charge in [-0.2, -0.15) is 35.4 Å². The molecule has 0 radical (unpaired) electrons. The fourth-order valence-electron chi connectivity index (χ4n) is 3.95. The molecule has 4 rings (SSSR count). The van der Waals surface area contributed by atoms with E-state index in [1.165, 1.54) is 11.1 Å². The number of hydrogen-bond acceptors (Lipinski definition) is 4. The van der Waals surface area contributed by atoms with Crippen LogP contribution >= 0.6 is 0 Å². The van der Waals surface area contributed by atoms with Crippen molar-refractivity contribution >= 4 is 0 Å². The van der Waals surface area contributed by atoms with Crippen molar-refractivity contribution in [2.75, 3.05) is 0 Å². The third-order valence-corrected chi connectivity index (χ3v) is 6.07. The van der Waals surface area contributed by atoms with Crippen LogP contribution in [-0.2, 0) is 43.0 Å². The molecule has 8 nitrogen and oxygen atoms in total. The molecule has 2 N–H and O–H groups in total. The first-order chi connectivity index (χ1) is 17.3. The minimum atomic E-state index is -0.320. The van der Waals surface area contributed by atoms with Crippen molar-refractivity contribution in [2.45, 2.75) is 65.5 Å². The van der Waals surface area contributed by atoms with E-state index in [0.717, 1.165) is 38.5 Å². The molecule has 37 heavy (non-hydrogen) atoms. The molecule has 0 atom stereocenters. The van der Waals surface area contributed by atoms with E-state index in [0.29, 0.717) is 24.2 Å². The quantitative estimate of drug-likeness (QED) is 0.181. The molecular weight excluding hydrogens is 512 g/mol. The normalized spacial score (nSPS) is 10.4. The second-order valence-electron chi connectivity index (χ2n) is 9.03. The maximum atomic E-state index is 11.5. The fourth-order valence-corrected chi connectivity index (χ4v) is 3.95. The van der Waals surface area contributed by atoms with Gasteiger partial charge in [0.05, 0.1) is 0 Å². The number of H-pyrrole nitrogens is 2. The topological polar surface area (TPSA) is 110 Å². The van der Waals surface area contributed by atoms with Crippen LogP contribution < -0.4 is 22.5 Å². The Kier molecular flexibility index (Phi) is 12.1. The van der Waals surface area contributed by atoms with E-state index in [1.54, 1.807) is 35.4 Å². The Balaban J connectivity index is 0.000000253. The first kappa shape index (κ1) is 29.8. The second-order valence-corrected chi connectivity index (χ2v) is 9.03. The van der Waals surface area contributed by atoms with Gasteiger partial charge in [-0.05, 0) is 33.1 Å². The summed E-state index contributed by atoms with van der Waals surface area (Å²) >= 11 is 0. The van der Waals surface area contributed by atoms with Gasteiger partial charge in [-0.3, -0.25) is 19.6 Å². The smallest absolute Gasteiger partial charge is 0.300 e. The van der Waals surface area contributed by atoms with Crippen molar-refractivity contribution in [1.82, 2.24) is 19.1 Å². The van der Waals surface area contributed by atoms with E-state index in [1.807, 2.05) is 24.3 Å². The molecule has 2 aromatic heterocycles. The molecule has 0 aliphatic heterocycles. The largest absolute Gasteiger partial charge is 2.00 e. The summed E-state index contributed by atoms with van der Waals surface area (Å²) in [5.74, 6) is 0. The van der Waals surface area contributed by atoms with Crippen LogP contribution in [0.25, 0.3) is 0 Å². The number of aromatic nitrogens is 4. The molecular formula is C28H34FeN4O4. The molecule has 0 aliphatic rings. The van der Waals surface area contributed by atoms with Gasteiger partial charge in [0.2, 0.25) is 0 Å². The van der Waals surface area contributed by atoms with Crippen LogP contribution in [0, 0.1) is 13.8 Å². The van der Waals surface area contributed by atoms with Gasteiger partial charge >= 0.3 is 28.4 Å². The van der Waals surface area contributed by atoms with Gasteiger partial charge in [-0.15, -0.1) is 0 Å². The summed E-state index contributed by atoms with van der Waals surface area (Å²) in [6.07, 6.45) is 9.25. The molecule has 0 saturated heterocycles. The predicted molar refractivity (Wildman–Crippen MR) is 142 cm³/mol. The van der Waals surface area contributed by atoms with E-state index in [-0.39, 0.29) is 39.6 Å². The van der Waals surface area contributed by atoms with Crippen LogP contribution in [0.2, 0.25) is 0 Å². The number of rotatable bonds is 10. The Bertz CT molecular complexity index is 1330. The monoisotopic (exact) mass is 546 g/mol. The second kappa shape index (κ2) is 15.0. The summed E-state index contributed by atoms with van der Waals surface area (Å²) in [5, 5.41) is 0. The van der Waals surface area contributed by atoms with E-state index in [9.17, 15) is 19.2 Å². The van der Waals surface area contributed by atoms with Crippen molar-refractivity contribution in [2.24, 2.45) is 0 Å². The SMILES string of the molecule is Cc1cn(CCCC[c-]2cccc2)c(=O)[nH]c1=O.Cc1cn(CCCCc2ccc[cH-]2)c(=O)[nH]c1=O.[Fe+2]. The summed E-state index contributed by atoms with van der Waals surface area (Å²) in [5.41, 5.74) is 2.58. The molecule has 2 heterocycles. The van der Waals surface area contributed by atoms with Crippen molar-refractivity contribution in [3.8, 4) is 0 Å². The summed E-state index contributed by atoms with van der Waals surface area (Å²) < 4.78 is 3.14. The predicted octanol–water partition coefficient (Wildman–Crippen LogP) is 3.17. The Labute approximate surface area is 226 Å². The molecule has 0 unspecified atom stereocenters. The molecule has 198 valence electrons. The number of nitrogens with one attached hydrogen (secondary N) is 2. The third-order valence-electron chi connectivity index (χ3n) is 6.07. The molecule has 0 saturated carbocycles. The minimum Gasteiger partial charge on any atom is -0.300 e. The molecule has 0 aliphatic carbocycles. The molecule has 9 heteroatoms. The minimum absolute atomic E-state index is 0. The summed E-state index contributed by atoms with van der Waals surface area (Å²) in [4.78, 5) is 50.1. The maximum Gasteiger partial charge on any atom is 2.00 e. The summed E-state index contributed by atoms with van der Waals surface area (Å²) in [6.45, 7) is 4.71. The van der Waals surface area contributed by atoms with Crippen molar-refractivity contribution in [1.29, 1.82) is 0 Å². The van der Waals surface area contributed by atoms with Crippen LogP contribution in [-0.4, -0.2) is 19.1 Å². The average molecular weight is 546 g/mol. The molecule has 2 aromatic carbocycles. The van der Waals surface area contributed by atoms with Crippen LogP contribution in [0.1, 0.15) is 47.9 Å². The first-order valence-electron chi connectivity index (χ1n) is 12.4. The van der Waals surface area contributed by atoms with E-state index in [2.05, 4.69) is 34.2 Å². The number of hydrogen-bond donors (Lipinski definition) is 2. The van der Waals surface area contributed by atoms with E-state index >= 15 is 0 Å². The van der Waals surface area contributed by atoms with Gasteiger partial charge in [0.15, 0.2) is 0 Å². The molecule has 0 amide bonds. The zero-order valence-corrected chi connectivity index (χ0v) is 22.4. The van der Waals surface area contributed by atoms with Gasteiger partial charge in [0, 0.05) is 36.6 Å². The average Bonchev–Trinajstić information content (AvgIpc) is 3.56. The third kappa shape index (κ3) is 9.52. The molecule has 0 fully saturated rings. The van der Waals surface area contributed by atoms with E-state index in [4.69, 9.17) is 0 Å². The van der Waals surface area contributed by atoms with Crippen molar-refractivity contribution in [3.63, 3.8) is 0 Å². The first-order valence-corrected chi connectivity index (χ1v) is 12.4. The Morgan fingerprint density at radius 2 is 1.32 bits per heavy atom. The van der Waals surface area contributed by atoms with Crippen LogP contribution in [0.3, 0.4) is 0 Å². The number of aromatic amines is 2. The number of unbranched alkanes of at least 4 members (excludes halogenated alkanes) is 2.